The molecule has 1 fully saturated rings. The normalized spacial score (nSPS) is 20.8. The van der Waals surface area contributed by atoms with Crippen LogP contribution in [0.4, 0.5) is 0 Å². The van der Waals surface area contributed by atoms with E-state index in [1.807, 2.05) is 6.07 Å². The lowest BCUT2D eigenvalue weighted by Gasteiger charge is -2.10. The summed E-state index contributed by atoms with van der Waals surface area (Å²) in [5.41, 5.74) is 0.816. The summed E-state index contributed by atoms with van der Waals surface area (Å²) in [6.07, 6.45) is 1.04. The minimum Gasteiger partial charge on any atom is -0.496 e. The van der Waals surface area contributed by atoms with Crippen LogP contribution in [-0.4, -0.2) is 19.1 Å². The Morgan fingerprint density at radius 2 is 2.18 bits per heavy atom. The first-order valence-corrected chi connectivity index (χ1v) is 6.38. The number of methoxy groups -OCH3 is 1. The fourth-order valence-corrected chi connectivity index (χ4v) is 2.14. The second-order valence-electron chi connectivity index (χ2n) is 5.06. The number of hydrogen-bond donors (Lipinski definition) is 1. The number of nitrogens with one attached hydrogen (secondary N) is 1. The van der Waals surface area contributed by atoms with Crippen molar-refractivity contribution in [2.24, 2.45) is 5.41 Å². The van der Waals surface area contributed by atoms with Gasteiger partial charge in [-0.15, -0.1) is 0 Å². The molecule has 1 aliphatic rings. The van der Waals surface area contributed by atoms with Crippen molar-refractivity contribution in [3.05, 3.63) is 28.2 Å². The molecule has 1 aliphatic carbocycles. The van der Waals surface area contributed by atoms with Crippen LogP contribution in [0.25, 0.3) is 0 Å². The molecule has 1 aromatic carbocycles. The molecule has 0 bridgehead atoms. The summed E-state index contributed by atoms with van der Waals surface area (Å²) in [5, 5.41) is 3.02. The Labute approximate surface area is 110 Å². The SMILES string of the molecule is COc1cc(Br)ccc1C(=O)NC1CC1(C)C. The molecule has 1 N–H and O–H groups in total. The highest BCUT2D eigenvalue weighted by atomic mass is 79.9. The zero-order valence-electron chi connectivity index (χ0n) is 10.2. The van der Waals surface area contributed by atoms with Crippen molar-refractivity contribution in [2.75, 3.05) is 7.11 Å². The summed E-state index contributed by atoms with van der Waals surface area (Å²) < 4.78 is 6.11. The van der Waals surface area contributed by atoms with Gasteiger partial charge >= 0.3 is 0 Å². The molecule has 1 saturated carbocycles. The number of halogens is 1. The third-order valence-corrected chi connectivity index (χ3v) is 3.72. The third kappa shape index (κ3) is 2.63. The quantitative estimate of drug-likeness (QED) is 0.931. The van der Waals surface area contributed by atoms with Gasteiger partial charge in [-0.3, -0.25) is 4.79 Å². The molecule has 0 radical (unpaired) electrons. The number of carbonyl (C=O) groups is 1. The fraction of sp³-hybridized carbons (Fsp3) is 0.462. The Morgan fingerprint density at radius 3 is 2.71 bits per heavy atom. The van der Waals surface area contributed by atoms with Crippen molar-refractivity contribution < 1.29 is 9.53 Å². The average Bonchev–Trinajstić information content (AvgIpc) is 2.85. The van der Waals surface area contributed by atoms with Gasteiger partial charge in [0.1, 0.15) is 5.75 Å². The molecule has 1 aromatic rings. The van der Waals surface area contributed by atoms with E-state index in [1.165, 1.54) is 0 Å². The molecule has 3 nitrogen and oxygen atoms in total. The summed E-state index contributed by atoms with van der Waals surface area (Å²) in [5.74, 6) is 0.528. The Morgan fingerprint density at radius 1 is 1.53 bits per heavy atom. The monoisotopic (exact) mass is 297 g/mol. The zero-order chi connectivity index (χ0) is 12.6. The Bertz CT molecular complexity index is 457. The predicted molar refractivity (Wildman–Crippen MR) is 70.3 cm³/mol. The van der Waals surface area contributed by atoms with E-state index in [0.29, 0.717) is 11.3 Å². The molecule has 92 valence electrons. The summed E-state index contributed by atoms with van der Waals surface area (Å²) in [4.78, 5) is 12.1. The number of hydrogen-bond acceptors (Lipinski definition) is 2. The van der Waals surface area contributed by atoms with Crippen molar-refractivity contribution in [1.29, 1.82) is 0 Å². The highest BCUT2D eigenvalue weighted by molar-refractivity contribution is 9.10. The van der Waals surface area contributed by atoms with Gasteiger partial charge in [0, 0.05) is 10.5 Å². The van der Waals surface area contributed by atoms with Crippen molar-refractivity contribution >= 4 is 21.8 Å². The number of amides is 1. The first kappa shape index (κ1) is 12.4. The first-order chi connectivity index (χ1) is 7.94. The average molecular weight is 298 g/mol. The zero-order valence-corrected chi connectivity index (χ0v) is 11.8. The van der Waals surface area contributed by atoms with Crippen LogP contribution in [0.5, 0.6) is 5.75 Å². The van der Waals surface area contributed by atoms with Crippen LogP contribution < -0.4 is 10.1 Å². The van der Waals surface area contributed by atoms with Gasteiger partial charge in [0.15, 0.2) is 0 Å². The van der Waals surface area contributed by atoms with Gasteiger partial charge < -0.3 is 10.1 Å². The number of rotatable bonds is 3. The van der Waals surface area contributed by atoms with E-state index in [1.54, 1.807) is 19.2 Å². The van der Waals surface area contributed by atoms with E-state index in [2.05, 4.69) is 35.1 Å². The van der Waals surface area contributed by atoms with Crippen molar-refractivity contribution in [3.63, 3.8) is 0 Å². The maximum Gasteiger partial charge on any atom is 0.255 e. The fourth-order valence-electron chi connectivity index (χ4n) is 1.80. The van der Waals surface area contributed by atoms with Gasteiger partial charge in [0.25, 0.3) is 5.91 Å². The van der Waals surface area contributed by atoms with Gasteiger partial charge in [0.2, 0.25) is 0 Å². The minimum atomic E-state index is -0.0649. The van der Waals surface area contributed by atoms with Crippen LogP contribution >= 0.6 is 15.9 Å². The summed E-state index contributed by atoms with van der Waals surface area (Å²) >= 11 is 3.36. The van der Waals surface area contributed by atoms with Crippen LogP contribution in [0.15, 0.2) is 22.7 Å². The summed E-state index contributed by atoms with van der Waals surface area (Å²) in [6.45, 7) is 4.30. The lowest BCUT2D eigenvalue weighted by molar-refractivity contribution is 0.0943. The molecule has 1 atom stereocenters. The molecular weight excluding hydrogens is 282 g/mol. The van der Waals surface area contributed by atoms with E-state index >= 15 is 0 Å². The van der Waals surface area contributed by atoms with E-state index in [9.17, 15) is 4.79 Å². The highest BCUT2D eigenvalue weighted by Crippen LogP contribution is 2.44. The van der Waals surface area contributed by atoms with Gasteiger partial charge in [-0.25, -0.2) is 0 Å². The Hall–Kier alpha value is -1.03. The topological polar surface area (TPSA) is 38.3 Å². The van der Waals surface area contributed by atoms with E-state index in [0.717, 1.165) is 10.9 Å². The first-order valence-electron chi connectivity index (χ1n) is 5.58. The molecule has 0 heterocycles. The molecule has 1 amide bonds. The highest BCUT2D eigenvalue weighted by Gasteiger charge is 2.46. The van der Waals surface area contributed by atoms with E-state index in [4.69, 9.17) is 4.74 Å². The molecule has 17 heavy (non-hydrogen) atoms. The van der Waals surface area contributed by atoms with Gasteiger partial charge in [-0.2, -0.15) is 0 Å². The summed E-state index contributed by atoms with van der Waals surface area (Å²) in [7, 11) is 1.57. The van der Waals surface area contributed by atoms with Gasteiger partial charge in [-0.1, -0.05) is 29.8 Å². The largest absolute Gasteiger partial charge is 0.496 e. The Kier molecular flexibility index (Phi) is 3.17. The molecule has 4 heteroatoms. The van der Waals surface area contributed by atoms with Crippen LogP contribution in [0.2, 0.25) is 0 Å². The summed E-state index contributed by atoms with van der Waals surface area (Å²) in [6, 6.07) is 5.69. The standard InChI is InChI=1S/C13H16BrNO2/c1-13(2)7-11(13)15-12(16)9-5-4-8(14)6-10(9)17-3/h4-6,11H,7H2,1-3H3,(H,15,16). The van der Waals surface area contributed by atoms with Crippen LogP contribution in [0.1, 0.15) is 30.6 Å². The van der Waals surface area contributed by atoms with Crippen molar-refractivity contribution in [3.8, 4) is 5.75 Å². The lowest BCUT2D eigenvalue weighted by atomic mass is 10.1. The van der Waals surface area contributed by atoms with E-state index in [-0.39, 0.29) is 17.4 Å². The number of ether oxygens (including phenoxy) is 1. The second-order valence-corrected chi connectivity index (χ2v) is 5.98. The van der Waals surface area contributed by atoms with E-state index < -0.39 is 0 Å². The minimum absolute atomic E-state index is 0.0649. The lowest BCUT2D eigenvalue weighted by Crippen LogP contribution is -2.28. The maximum atomic E-state index is 12.1. The maximum absolute atomic E-state index is 12.1. The Balaban J connectivity index is 2.14. The molecule has 2 rings (SSSR count). The number of benzene rings is 1. The smallest absolute Gasteiger partial charge is 0.255 e. The molecule has 0 aromatic heterocycles. The van der Waals surface area contributed by atoms with Crippen LogP contribution in [0, 0.1) is 5.41 Å². The van der Waals surface area contributed by atoms with Crippen LogP contribution in [0.3, 0.4) is 0 Å². The van der Waals surface area contributed by atoms with Crippen molar-refractivity contribution in [2.45, 2.75) is 26.3 Å². The predicted octanol–water partition coefficient (Wildman–Crippen LogP) is 2.99. The molecule has 0 spiro atoms. The van der Waals surface area contributed by atoms with Crippen molar-refractivity contribution in [1.82, 2.24) is 5.32 Å². The number of carbonyl (C=O) groups excluding carboxylic acids is 1. The van der Waals surface area contributed by atoms with Crippen LogP contribution in [-0.2, 0) is 0 Å². The molecule has 1 unspecified atom stereocenters. The van der Waals surface area contributed by atoms with Gasteiger partial charge in [-0.05, 0) is 30.0 Å². The molecule has 0 aliphatic heterocycles. The molecule has 0 saturated heterocycles. The second kappa shape index (κ2) is 4.33. The van der Waals surface area contributed by atoms with Gasteiger partial charge in [0.05, 0.1) is 12.7 Å². The molecular formula is C13H16BrNO2. The third-order valence-electron chi connectivity index (χ3n) is 3.23.